The maximum atomic E-state index is 12.9. The molecule has 2 aromatic heterocycles. The number of anilines is 1. The highest BCUT2D eigenvalue weighted by molar-refractivity contribution is 8.01. The number of nitrogens with two attached hydrogens (primary N) is 1. The smallest absolute Gasteiger partial charge is 0.352 e. The Morgan fingerprint density at radius 2 is 2.20 bits per heavy atom. The number of nitrogens with zero attached hydrogens (tertiary/aromatic N) is 3. The number of amides is 2. The van der Waals surface area contributed by atoms with Gasteiger partial charge in [0.1, 0.15) is 35.7 Å². The number of hydrogen-bond donors (Lipinski definition) is 3. The molecule has 0 aliphatic carbocycles. The number of rotatable bonds is 8. The fourth-order valence-electron chi connectivity index (χ4n) is 3.53. The van der Waals surface area contributed by atoms with Gasteiger partial charge in [0.15, 0.2) is 10.8 Å². The molecule has 2 amide bonds. The first kappa shape index (κ1) is 24.8. The minimum Gasteiger partial charge on any atom is -0.477 e. The van der Waals surface area contributed by atoms with Crippen molar-refractivity contribution in [3.63, 3.8) is 0 Å². The van der Waals surface area contributed by atoms with Crippen molar-refractivity contribution in [3.8, 4) is 0 Å². The number of carboxylic acids is 1. The minimum atomic E-state index is -1.24. The molecule has 0 spiro atoms. The Balaban J connectivity index is 1.50. The maximum absolute atomic E-state index is 12.9. The summed E-state index contributed by atoms with van der Waals surface area (Å²) >= 11 is 3.73. The van der Waals surface area contributed by atoms with E-state index >= 15 is 0 Å². The van der Waals surface area contributed by atoms with Crippen LogP contribution in [0.5, 0.6) is 0 Å². The van der Waals surface area contributed by atoms with Crippen molar-refractivity contribution in [3.05, 3.63) is 50.7 Å². The summed E-state index contributed by atoms with van der Waals surface area (Å²) in [4.78, 5) is 59.9. The molecule has 2 atom stereocenters. The number of aryl methyl sites for hydroxylation is 1. The van der Waals surface area contributed by atoms with Gasteiger partial charge in [-0.2, -0.15) is 0 Å². The molecule has 0 radical (unpaired) electrons. The highest BCUT2D eigenvalue weighted by Crippen LogP contribution is 2.41. The van der Waals surface area contributed by atoms with E-state index in [0.29, 0.717) is 22.0 Å². The number of aromatic nitrogens is 1. The fraction of sp³-hybridized carbons (Fsp3) is 0.300. The van der Waals surface area contributed by atoms with Crippen molar-refractivity contribution in [1.29, 1.82) is 0 Å². The first-order valence-corrected chi connectivity index (χ1v) is 12.9. The van der Waals surface area contributed by atoms with Crippen LogP contribution in [0, 0.1) is 6.92 Å². The third-order valence-corrected chi connectivity index (χ3v) is 8.05. The lowest BCUT2D eigenvalue weighted by atomic mass is 10.0. The summed E-state index contributed by atoms with van der Waals surface area (Å²) in [6.07, 6.45) is 0. The number of nitrogen functional groups attached to an aromatic ring is 1. The van der Waals surface area contributed by atoms with E-state index in [1.165, 1.54) is 47.0 Å². The fourth-order valence-corrected chi connectivity index (χ4v) is 6.56. The molecule has 184 valence electrons. The standard InChI is InChI=1S/C20H19N5O7S3/c1-8-3-10(4-12(26)32-8)33-5-9-6-34-18-14(17(28)25(18)15(9)19(29)30)23-16(27)13(24-31-2)11-7-35-20(21)22-11/h3-4,7,14,18H,5-6H2,1-2H3,(H2,21,22)(H,23,27)(H,29,30)/b24-13-/t14-,18-/m0/s1. The number of carboxylic acid groups (broad SMARTS) is 1. The third kappa shape index (κ3) is 5.06. The summed E-state index contributed by atoms with van der Waals surface area (Å²) in [6, 6.07) is 2.06. The molecule has 4 heterocycles. The Morgan fingerprint density at radius 3 is 2.83 bits per heavy atom. The summed E-state index contributed by atoms with van der Waals surface area (Å²) in [5.74, 6) is -1.46. The van der Waals surface area contributed by atoms with Gasteiger partial charge in [-0.1, -0.05) is 5.16 Å². The second-order valence-electron chi connectivity index (χ2n) is 7.32. The Morgan fingerprint density at radius 1 is 1.43 bits per heavy atom. The Hall–Kier alpha value is -3.30. The van der Waals surface area contributed by atoms with Crippen LogP contribution in [0.1, 0.15) is 11.5 Å². The highest BCUT2D eigenvalue weighted by Gasteiger charge is 2.54. The van der Waals surface area contributed by atoms with Crippen LogP contribution in [0.15, 0.2) is 48.0 Å². The molecule has 2 aliphatic rings. The highest BCUT2D eigenvalue weighted by atomic mass is 32.2. The molecule has 0 bridgehead atoms. The van der Waals surface area contributed by atoms with E-state index in [2.05, 4.69) is 15.5 Å². The topological polar surface area (TPSA) is 177 Å². The molecule has 2 aliphatic heterocycles. The first-order chi connectivity index (χ1) is 16.7. The lowest BCUT2D eigenvalue weighted by Gasteiger charge is -2.49. The quantitative estimate of drug-likeness (QED) is 0.188. The van der Waals surface area contributed by atoms with Crippen molar-refractivity contribution in [2.75, 3.05) is 24.3 Å². The van der Waals surface area contributed by atoms with Crippen LogP contribution in [-0.2, 0) is 19.2 Å². The van der Waals surface area contributed by atoms with Crippen LogP contribution in [0.25, 0.3) is 0 Å². The SMILES string of the molecule is CO/N=C(\C(=O)N[C@H]1C(=O)N2C(C(=O)O)=C(CSc3cc(C)oc(=O)c3)CS[C@@H]12)c1csc(N)n1. The Labute approximate surface area is 210 Å². The molecule has 4 rings (SSSR count). The lowest BCUT2D eigenvalue weighted by Crippen LogP contribution is -2.71. The molecule has 2 aromatic rings. The van der Waals surface area contributed by atoms with E-state index in [1.54, 1.807) is 13.0 Å². The zero-order chi connectivity index (χ0) is 25.3. The molecule has 0 saturated carbocycles. The van der Waals surface area contributed by atoms with Crippen LogP contribution in [0.2, 0.25) is 0 Å². The van der Waals surface area contributed by atoms with Crippen molar-refractivity contribution in [2.24, 2.45) is 5.16 Å². The van der Waals surface area contributed by atoms with E-state index in [1.807, 2.05) is 0 Å². The van der Waals surface area contributed by atoms with Crippen LogP contribution in [0.4, 0.5) is 5.13 Å². The van der Waals surface area contributed by atoms with Crippen LogP contribution in [0.3, 0.4) is 0 Å². The second kappa shape index (κ2) is 10.1. The van der Waals surface area contributed by atoms with Crippen LogP contribution < -0.4 is 16.7 Å². The molecule has 15 heteroatoms. The maximum Gasteiger partial charge on any atom is 0.352 e. The number of thioether (sulfide) groups is 2. The normalized spacial score (nSPS) is 19.8. The Kier molecular flexibility index (Phi) is 7.18. The number of oxime groups is 1. The number of fused-ring (bicyclic) bond motifs is 1. The zero-order valence-electron chi connectivity index (χ0n) is 18.3. The molecular formula is C20H19N5O7S3. The summed E-state index contributed by atoms with van der Waals surface area (Å²) in [5, 5.41) is 17.3. The van der Waals surface area contributed by atoms with Gasteiger partial charge in [-0.3, -0.25) is 14.5 Å². The van der Waals surface area contributed by atoms with Gasteiger partial charge in [0, 0.05) is 27.8 Å². The van der Waals surface area contributed by atoms with Crippen molar-refractivity contribution < 1.29 is 28.7 Å². The average Bonchev–Trinajstić information content (AvgIpc) is 3.23. The van der Waals surface area contributed by atoms with Crippen LogP contribution >= 0.6 is 34.9 Å². The first-order valence-electron chi connectivity index (χ1n) is 9.97. The van der Waals surface area contributed by atoms with Crippen molar-refractivity contribution >= 4 is 63.5 Å². The molecule has 0 unspecified atom stereocenters. The molecule has 0 aromatic carbocycles. The number of β-lactam (4-membered cyclic amide) rings is 1. The van der Waals surface area contributed by atoms with Gasteiger partial charge >= 0.3 is 11.6 Å². The largest absolute Gasteiger partial charge is 0.477 e. The van der Waals surface area contributed by atoms with Gasteiger partial charge in [0.2, 0.25) is 0 Å². The van der Waals surface area contributed by atoms with Crippen molar-refractivity contribution in [2.45, 2.75) is 23.2 Å². The lowest BCUT2D eigenvalue weighted by molar-refractivity contribution is -0.150. The molecule has 1 saturated heterocycles. The predicted molar refractivity (Wildman–Crippen MR) is 130 cm³/mol. The number of aliphatic carboxylic acids is 1. The molecule has 12 nitrogen and oxygen atoms in total. The molecule has 1 fully saturated rings. The molecular weight excluding hydrogens is 518 g/mol. The average molecular weight is 538 g/mol. The zero-order valence-corrected chi connectivity index (χ0v) is 20.8. The molecule has 4 N–H and O–H groups in total. The Bertz CT molecular complexity index is 1320. The summed E-state index contributed by atoms with van der Waals surface area (Å²) in [6.45, 7) is 1.65. The number of carbonyl (C=O) groups excluding carboxylic acids is 2. The van der Waals surface area contributed by atoms with E-state index in [0.717, 1.165) is 11.3 Å². The third-order valence-electron chi connectivity index (χ3n) is 4.98. The van der Waals surface area contributed by atoms with Gasteiger partial charge in [0.25, 0.3) is 11.8 Å². The van der Waals surface area contributed by atoms with E-state index in [-0.39, 0.29) is 28.0 Å². The summed E-state index contributed by atoms with van der Waals surface area (Å²) in [5.41, 5.74) is 5.60. The van der Waals surface area contributed by atoms with E-state index < -0.39 is 34.8 Å². The molecule has 35 heavy (non-hydrogen) atoms. The van der Waals surface area contributed by atoms with Gasteiger partial charge in [0.05, 0.1) is 0 Å². The van der Waals surface area contributed by atoms with Crippen molar-refractivity contribution in [1.82, 2.24) is 15.2 Å². The predicted octanol–water partition coefficient (Wildman–Crippen LogP) is 0.868. The minimum absolute atomic E-state index is 0.116. The van der Waals surface area contributed by atoms with Gasteiger partial charge in [-0.15, -0.1) is 34.9 Å². The van der Waals surface area contributed by atoms with Gasteiger partial charge in [-0.25, -0.2) is 14.6 Å². The summed E-state index contributed by atoms with van der Waals surface area (Å²) < 4.78 is 4.94. The summed E-state index contributed by atoms with van der Waals surface area (Å²) in [7, 11) is 1.27. The van der Waals surface area contributed by atoms with Gasteiger partial charge < -0.3 is 25.4 Å². The number of thiazole rings is 1. The van der Waals surface area contributed by atoms with E-state index in [4.69, 9.17) is 15.0 Å². The number of nitrogens with one attached hydrogen (secondary N) is 1. The number of carbonyl (C=O) groups is 3. The van der Waals surface area contributed by atoms with Crippen LogP contribution in [-0.4, -0.2) is 68.5 Å². The number of hydrogen-bond acceptors (Lipinski definition) is 12. The monoisotopic (exact) mass is 537 g/mol. The second-order valence-corrected chi connectivity index (χ2v) is 10.4. The van der Waals surface area contributed by atoms with Gasteiger partial charge in [-0.05, 0) is 18.6 Å². The van der Waals surface area contributed by atoms with E-state index in [9.17, 15) is 24.3 Å².